The quantitative estimate of drug-likeness (QED) is 0.702. The molecule has 0 spiro atoms. The van der Waals surface area contributed by atoms with Gasteiger partial charge in [-0.3, -0.25) is 4.90 Å². The van der Waals surface area contributed by atoms with Gasteiger partial charge < -0.3 is 14.8 Å². The van der Waals surface area contributed by atoms with Gasteiger partial charge in [0.2, 0.25) is 0 Å². The first-order valence-corrected chi connectivity index (χ1v) is 10.5. The summed E-state index contributed by atoms with van der Waals surface area (Å²) in [5, 5.41) is 5.51. The Bertz CT molecular complexity index is 953. The van der Waals surface area contributed by atoms with Gasteiger partial charge in [0.1, 0.15) is 5.82 Å². The summed E-state index contributed by atoms with van der Waals surface area (Å²) >= 11 is 0. The molecule has 6 heteroatoms. The smallest absolute Gasteiger partial charge is 0.317 e. The summed E-state index contributed by atoms with van der Waals surface area (Å²) < 4.78 is 2.23. The Kier molecular flexibility index (Phi) is 6.10. The number of fused-ring (bicyclic) bond motifs is 1. The van der Waals surface area contributed by atoms with Gasteiger partial charge in [0.05, 0.1) is 0 Å². The number of benzene rings is 2. The summed E-state index contributed by atoms with van der Waals surface area (Å²) in [4.78, 5) is 21.4. The number of carbonyl (C=O) groups is 1. The number of hydrogen-bond acceptors (Lipinski definition) is 3. The fraction of sp³-hybridized carbons (Fsp3) is 0.391. The molecule has 1 aliphatic heterocycles. The Hall–Kier alpha value is -2.86. The first kappa shape index (κ1) is 19.5. The van der Waals surface area contributed by atoms with E-state index in [1.807, 2.05) is 29.3 Å². The molecule has 1 aromatic heterocycles. The molecule has 0 radical (unpaired) electrons. The molecule has 1 aliphatic rings. The average molecular weight is 392 g/mol. The van der Waals surface area contributed by atoms with Crippen LogP contribution in [-0.4, -0.2) is 58.1 Å². The van der Waals surface area contributed by atoms with Gasteiger partial charge in [0.15, 0.2) is 0 Å². The van der Waals surface area contributed by atoms with Crippen molar-refractivity contribution < 1.29 is 4.79 Å². The zero-order valence-electron chi connectivity index (χ0n) is 17.1. The molecule has 1 N–H and O–H groups in total. The number of aromatic nitrogens is 2. The van der Waals surface area contributed by atoms with Gasteiger partial charge in [-0.25, -0.2) is 9.78 Å². The van der Waals surface area contributed by atoms with Crippen LogP contribution in [-0.2, 0) is 19.5 Å². The zero-order valence-corrected chi connectivity index (χ0v) is 17.1. The molecule has 0 bridgehead atoms. The normalized spacial score (nSPS) is 15.0. The van der Waals surface area contributed by atoms with E-state index in [0.717, 1.165) is 57.1 Å². The van der Waals surface area contributed by atoms with Gasteiger partial charge in [-0.2, -0.15) is 0 Å². The summed E-state index contributed by atoms with van der Waals surface area (Å²) in [7, 11) is 0. The number of nitrogens with zero attached hydrogens (tertiary/aromatic N) is 4. The monoisotopic (exact) mass is 391 g/mol. The predicted molar refractivity (Wildman–Crippen MR) is 116 cm³/mol. The Morgan fingerprint density at radius 1 is 1.03 bits per heavy atom. The number of piperazine rings is 1. The molecular weight excluding hydrogens is 362 g/mol. The van der Waals surface area contributed by atoms with Crippen molar-refractivity contribution in [1.29, 1.82) is 0 Å². The van der Waals surface area contributed by atoms with Gasteiger partial charge in [0.25, 0.3) is 0 Å². The second-order valence-electron chi connectivity index (χ2n) is 7.52. The molecular formula is C23H29N5O. The molecule has 3 aromatic rings. The lowest BCUT2D eigenvalue weighted by molar-refractivity contribution is 0.136. The van der Waals surface area contributed by atoms with Crippen LogP contribution in [0.15, 0.2) is 54.9 Å². The third kappa shape index (κ3) is 4.59. The average Bonchev–Trinajstić information content (AvgIpc) is 3.24. The molecule has 152 valence electrons. The number of rotatable bonds is 6. The molecule has 2 aromatic carbocycles. The number of aryl methyl sites for hydroxylation is 1. The number of hydrogen-bond donors (Lipinski definition) is 1. The molecule has 0 saturated carbocycles. The zero-order chi connectivity index (χ0) is 20.1. The molecule has 1 saturated heterocycles. The second kappa shape index (κ2) is 9.09. The SMILES string of the molecule is CCc1nccn1CCN1CCN(C(=O)NCc2cccc3ccccc23)CC1. The molecule has 2 amide bonds. The fourth-order valence-electron chi connectivity index (χ4n) is 4.01. The van der Waals surface area contributed by atoms with E-state index in [9.17, 15) is 4.79 Å². The van der Waals surface area contributed by atoms with Crippen molar-refractivity contribution in [3.8, 4) is 0 Å². The molecule has 0 unspecified atom stereocenters. The van der Waals surface area contributed by atoms with Crippen LogP contribution in [0.2, 0.25) is 0 Å². The Morgan fingerprint density at radius 2 is 1.83 bits per heavy atom. The van der Waals surface area contributed by atoms with E-state index in [0.29, 0.717) is 6.54 Å². The van der Waals surface area contributed by atoms with E-state index in [4.69, 9.17) is 0 Å². The first-order chi connectivity index (χ1) is 14.2. The summed E-state index contributed by atoms with van der Waals surface area (Å²) in [5.41, 5.74) is 1.15. The van der Waals surface area contributed by atoms with Crippen molar-refractivity contribution >= 4 is 16.8 Å². The van der Waals surface area contributed by atoms with Crippen molar-refractivity contribution in [2.24, 2.45) is 0 Å². The van der Waals surface area contributed by atoms with Crippen LogP contribution in [0.5, 0.6) is 0 Å². The third-order valence-electron chi connectivity index (χ3n) is 5.74. The highest BCUT2D eigenvalue weighted by atomic mass is 16.2. The highest BCUT2D eigenvalue weighted by Crippen LogP contribution is 2.18. The van der Waals surface area contributed by atoms with E-state index in [-0.39, 0.29) is 6.03 Å². The second-order valence-corrected chi connectivity index (χ2v) is 7.52. The van der Waals surface area contributed by atoms with Crippen LogP contribution in [0.1, 0.15) is 18.3 Å². The maximum absolute atomic E-state index is 12.6. The van der Waals surface area contributed by atoms with E-state index >= 15 is 0 Å². The molecule has 0 atom stereocenters. The van der Waals surface area contributed by atoms with Crippen molar-refractivity contribution in [2.45, 2.75) is 26.4 Å². The molecule has 0 aliphatic carbocycles. The van der Waals surface area contributed by atoms with Gasteiger partial charge >= 0.3 is 6.03 Å². The van der Waals surface area contributed by atoms with Crippen molar-refractivity contribution in [3.63, 3.8) is 0 Å². The number of urea groups is 1. The number of imidazole rings is 1. The highest BCUT2D eigenvalue weighted by Gasteiger charge is 2.21. The fourth-order valence-corrected chi connectivity index (χ4v) is 4.01. The Labute approximate surface area is 172 Å². The lowest BCUT2D eigenvalue weighted by atomic mass is 10.0. The first-order valence-electron chi connectivity index (χ1n) is 10.5. The summed E-state index contributed by atoms with van der Waals surface area (Å²) in [6, 6.07) is 14.6. The van der Waals surface area contributed by atoms with Crippen LogP contribution in [0.25, 0.3) is 10.8 Å². The summed E-state index contributed by atoms with van der Waals surface area (Å²) in [6.07, 6.45) is 4.88. The molecule has 6 nitrogen and oxygen atoms in total. The molecule has 1 fully saturated rings. The highest BCUT2D eigenvalue weighted by molar-refractivity contribution is 5.86. The van der Waals surface area contributed by atoms with Crippen LogP contribution < -0.4 is 5.32 Å². The Morgan fingerprint density at radius 3 is 2.66 bits per heavy atom. The topological polar surface area (TPSA) is 53.4 Å². The van der Waals surface area contributed by atoms with Crippen molar-refractivity contribution in [2.75, 3.05) is 32.7 Å². The van der Waals surface area contributed by atoms with Gasteiger partial charge in [-0.05, 0) is 16.3 Å². The number of amides is 2. The third-order valence-corrected chi connectivity index (χ3v) is 5.74. The lowest BCUT2D eigenvalue weighted by Gasteiger charge is -2.34. The van der Waals surface area contributed by atoms with Gasteiger partial charge in [-0.1, -0.05) is 49.4 Å². The minimum absolute atomic E-state index is 0.0282. The number of nitrogens with one attached hydrogen (secondary N) is 1. The molecule has 4 rings (SSSR count). The van der Waals surface area contributed by atoms with E-state index < -0.39 is 0 Å². The summed E-state index contributed by atoms with van der Waals surface area (Å²) in [6.45, 7) is 8.01. The standard InChI is InChI=1S/C23H29N5O/c1-2-22-24-10-11-27(22)15-12-26-13-16-28(17-14-26)23(29)25-18-20-8-5-7-19-6-3-4-9-21(19)20/h3-11H,2,12-18H2,1H3,(H,25,29). The van der Waals surface area contributed by atoms with Crippen molar-refractivity contribution in [1.82, 2.24) is 24.7 Å². The van der Waals surface area contributed by atoms with Gasteiger partial charge in [-0.15, -0.1) is 0 Å². The molecule has 29 heavy (non-hydrogen) atoms. The number of carbonyl (C=O) groups excluding carboxylic acids is 1. The van der Waals surface area contributed by atoms with E-state index in [1.54, 1.807) is 0 Å². The Balaban J connectivity index is 1.25. The van der Waals surface area contributed by atoms with Gasteiger partial charge in [0, 0.05) is 64.6 Å². The minimum Gasteiger partial charge on any atom is -0.334 e. The van der Waals surface area contributed by atoms with Crippen LogP contribution in [0.3, 0.4) is 0 Å². The largest absolute Gasteiger partial charge is 0.334 e. The van der Waals surface area contributed by atoms with E-state index in [1.165, 1.54) is 10.8 Å². The van der Waals surface area contributed by atoms with E-state index in [2.05, 4.69) is 57.2 Å². The van der Waals surface area contributed by atoms with Crippen molar-refractivity contribution in [3.05, 3.63) is 66.2 Å². The predicted octanol–water partition coefficient (Wildman–Crippen LogP) is 3.13. The summed E-state index contributed by atoms with van der Waals surface area (Å²) in [5.74, 6) is 1.14. The van der Waals surface area contributed by atoms with Crippen LogP contribution in [0, 0.1) is 0 Å². The maximum Gasteiger partial charge on any atom is 0.317 e. The van der Waals surface area contributed by atoms with Crippen LogP contribution in [0.4, 0.5) is 4.79 Å². The van der Waals surface area contributed by atoms with Crippen LogP contribution >= 0.6 is 0 Å². The maximum atomic E-state index is 12.6. The molecule has 2 heterocycles. The lowest BCUT2D eigenvalue weighted by Crippen LogP contribution is -2.52. The minimum atomic E-state index is 0.0282.